The number of hydrogen-bond donors (Lipinski definition) is 4. The van der Waals surface area contributed by atoms with E-state index in [1.165, 1.54) is 0 Å². The summed E-state index contributed by atoms with van der Waals surface area (Å²) in [4.78, 5) is 69.6. The van der Waals surface area contributed by atoms with E-state index in [9.17, 15) is 19.2 Å². The van der Waals surface area contributed by atoms with Gasteiger partial charge in [0.25, 0.3) is 0 Å². The molecule has 0 radical (unpaired) electrons. The summed E-state index contributed by atoms with van der Waals surface area (Å²) in [6.45, 7) is 9.01. The van der Waals surface area contributed by atoms with Crippen molar-refractivity contribution in [2.75, 3.05) is 13.1 Å². The van der Waals surface area contributed by atoms with Gasteiger partial charge in [-0.3, -0.25) is 19.2 Å². The van der Waals surface area contributed by atoms with Gasteiger partial charge in [0.1, 0.15) is 23.7 Å². The molecule has 52 heavy (non-hydrogen) atoms. The molecule has 0 bridgehead atoms. The van der Waals surface area contributed by atoms with Crippen molar-refractivity contribution in [1.82, 2.24) is 40.4 Å². The third kappa shape index (κ3) is 6.65. The van der Waals surface area contributed by atoms with Crippen molar-refractivity contribution in [3.05, 3.63) is 72.3 Å². The van der Waals surface area contributed by atoms with Gasteiger partial charge in [-0.15, -0.1) is 0 Å². The SMILES string of the molecule is CC(C)[C@H](NC=O)C(=O)N1CCC[C@H]1c1nc2ccc(-c3ccc(-c4ccc5nc([C@@H]6CCCN6C(=O)[C@@H](NC=O)C(C)C)[nH]c5c4)cc3)cc2[nH]1. The number of benzene rings is 3. The molecule has 2 aliphatic rings. The number of aromatic nitrogens is 4. The van der Waals surface area contributed by atoms with E-state index < -0.39 is 12.1 Å². The van der Waals surface area contributed by atoms with Crippen LogP contribution >= 0.6 is 0 Å². The molecule has 2 saturated heterocycles. The fourth-order valence-electron chi connectivity index (χ4n) is 7.82. The molecule has 0 unspecified atom stereocenters. The summed E-state index contributed by atoms with van der Waals surface area (Å²) >= 11 is 0. The molecule has 3 aromatic carbocycles. The molecule has 5 aromatic rings. The Hall–Kier alpha value is -5.52. The van der Waals surface area contributed by atoms with E-state index in [1.54, 1.807) is 0 Å². The standard InChI is InChI=1S/C40H46N8O4/c1-23(2)35(41-21-49)39(51)47-17-5-7-33(47)37-43-29-15-13-27(19-31(29)45-37)25-9-11-26(12-10-25)28-14-16-30-32(20-28)46-38(44-30)34-8-6-18-48(34)40(52)36(24(3)4)42-22-50/h9-16,19-24,33-36H,5-8,17-18H2,1-4H3,(H,41,49)(H,42,50)(H,43,45)(H,44,46)/t33-,34-,35-,36-/m0/s1. The van der Waals surface area contributed by atoms with E-state index in [0.717, 1.165) is 81.7 Å². The number of rotatable bonds is 12. The van der Waals surface area contributed by atoms with Gasteiger partial charge in [0.15, 0.2) is 0 Å². The molecule has 2 fully saturated rings. The molecule has 4 heterocycles. The molecule has 12 heteroatoms. The van der Waals surface area contributed by atoms with Crippen molar-refractivity contribution >= 4 is 46.7 Å². The highest BCUT2D eigenvalue weighted by Crippen LogP contribution is 2.36. The van der Waals surface area contributed by atoms with E-state index in [2.05, 4.69) is 69.1 Å². The molecule has 7 rings (SSSR count). The van der Waals surface area contributed by atoms with Crippen LogP contribution in [0, 0.1) is 11.8 Å². The second-order valence-electron chi connectivity index (χ2n) is 14.7. The van der Waals surface area contributed by atoms with Gasteiger partial charge in [0, 0.05) is 13.1 Å². The van der Waals surface area contributed by atoms with Crippen LogP contribution in [0.25, 0.3) is 44.3 Å². The fraction of sp³-hybridized carbons (Fsp3) is 0.400. The largest absolute Gasteiger partial charge is 0.347 e. The molecule has 0 aliphatic carbocycles. The maximum absolute atomic E-state index is 13.4. The molecule has 4 N–H and O–H groups in total. The van der Waals surface area contributed by atoms with Gasteiger partial charge in [-0.05, 0) is 84.0 Å². The number of nitrogens with zero attached hydrogens (tertiary/aromatic N) is 4. The molecule has 0 spiro atoms. The predicted molar refractivity (Wildman–Crippen MR) is 200 cm³/mol. The number of nitrogens with one attached hydrogen (secondary N) is 4. The van der Waals surface area contributed by atoms with Gasteiger partial charge >= 0.3 is 0 Å². The lowest BCUT2D eigenvalue weighted by Crippen LogP contribution is -2.48. The minimum absolute atomic E-state index is 0.0202. The Morgan fingerprint density at radius 1 is 0.654 bits per heavy atom. The molecule has 0 saturated carbocycles. The van der Waals surface area contributed by atoms with Gasteiger partial charge in [0.05, 0.1) is 34.2 Å². The number of imidazole rings is 2. The van der Waals surface area contributed by atoms with Crippen LogP contribution in [-0.2, 0) is 19.2 Å². The fourth-order valence-corrected chi connectivity index (χ4v) is 7.82. The lowest BCUT2D eigenvalue weighted by Gasteiger charge is -2.29. The summed E-state index contributed by atoms with van der Waals surface area (Å²) in [6.07, 6.45) is 4.60. The first kappa shape index (κ1) is 34.9. The lowest BCUT2D eigenvalue weighted by atomic mass is 10.00. The van der Waals surface area contributed by atoms with Crippen molar-refractivity contribution in [1.29, 1.82) is 0 Å². The summed E-state index contributed by atoms with van der Waals surface area (Å²) in [7, 11) is 0. The third-order valence-corrected chi connectivity index (χ3v) is 10.6. The summed E-state index contributed by atoms with van der Waals surface area (Å²) in [5, 5.41) is 5.40. The zero-order valence-corrected chi connectivity index (χ0v) is 30.1. The molecule has 4 atom stereocenters. The third-order valence-electron chi connectivity index (χ3n) is 10.6. The molecular weight excluding hydrogens is 656 g/mol. The number of hydrogen-bond acceptors (Lipinski definition) is 6. The monoisotopic (exact) mass is 702 g/mol. The molecule has 12 nitrogen and oxygen atoms in total. The highest BCUT2D eigenvalue weighted by atomic mass is 16.2. The van der Waals surface area contributed by atoms with E-state index in [0.29, 0.717) is 25.9 Å². The number of amides is 4. The highest BCUT2D eigenvalue weighted by molar-refractivity contribution is 5.87. The van der Waals surface area contributed by atoms with Crippen LogP contribution in [0.2, 0.25) is 0 Å². The van der Waals surface area contributed by atoms with Crippen molar-refractivity contribution in [3.8, 4) is 22.3 Å². The summed E-state index contributed by atoms with van der Waals surface area (Å²) < 4.78 is 0. The molecule has 270 valence electrons. The first-order valence-electron chi connectivity index (χ1n) is 18.3. The maximum Gasteiger partial charge on any atom is 0.246 e. The lowest BCUT2D eigenvalue weighted by molar-refractivity contribution is -0.137. The maximum atomic E-state index is 13.4. The average molecular weight is 703 g/mol. The summed E-state index contributed by atoms with van der Waals surface area (Å²) in [5.74, 6) is 1.34. The van der Waals surface area contributed by atoms with Crippen LogP contribution in [0.4, 0.5) is 0 Å². The Bertz CT molecular complexity index is 1950. The molecular formula is C40H46N8O4. The van der Waals surface area contributed by atoms with Gasteiger partial charge < -0.3 is 30.4 Å². The predicted octanol–water partition coefficient (Wildman–Crippen LogP) is 5.64. The van der Waals surface area contributed by atoms with Crippen molar-refractivity contribution in [2.45, 2.75) is 77.5 Å². The first-order valence-corrected chi connectivity index (χ1v) is 18.3. The van der Waals surface area contributed by atoms with Gasteiger partial charge in [-0.25, -0.2) is 9.97 Å². The van der Waals surface area contributed by atoms with Gasteiger partial charge in [0.2, 0.25) is 24.6 Å². The van der Waals surface area contributed by atoms with E-state index in [-0.39, 0.29) is 35.7 Å². The zero-order chi connectivity index (χ0) is 36.5. The van der Waals surface area contributed by atoms with E-state index in [4.69, 9.17) is 9.97 Å². The van der Waals surface area contributed by atoms with E-state index in [1.807, 2.05) is 49.6 Å². The zero-order valence-electron chi connectivity index (χ0n) is 30.1. The Morgan fingerprint density at radius 2 is 1.04 bits per heavy atom. The van der Waals surface area contributed by atoms with Crippen molar-refractivity contribution in [3.63, 3.8) is 0 Å². The molecule has 4 amide bonds. The van der Waals surface area contributed by atoms with E-state index >= 15 is 0 Å². The number of likely N-dealkylation sites (tertiary alicyclic amines) is 2. The second kappa shape index (κ2) is 14.6. The Labute approximate surface area is 302 Å². The highest BCUT2D eigenvalue weighted by Gasteiger charge is 2.38. The average Bonchev–Trinajstić information content (AvgIpc) is 3.96. The van der Waals surface area contributed by atoms with Gasteiger partial charge in [-0.1, -0.05) is 64.1 Å². The second-order valence-corrected chi connectivity index (χ2v) is 14.7. The minimum atomic E-state index is -0.563. The molecule has 2 aliphatic heterocycles. The number of H-pyrrole nitrogens is 2. The summed E-state index contributed by atoms with van der Waals surface area (Å²) in [5.41, 5.74) is 7.74. The summed E-state index contributed by atoms with van der Waals surface area (Å²) in [6, 6.07) is 19.3. The van der Waals surface area contributed by atoms with Crippen LogP contribution < -0.4 is 10.6 Å². The van der Waals surface area contributed by atoms with Crippen LogP contribution in [0.15, 0.2) is 60.7 Å². The van der Waals surface area contributed by atoms with Gasteiger partial charge in [-0.2, -0.15) is 0 Å². The minimum Gasteiger partial charge on any atom is -0.347 e. The number of carbonyl (C=O) groups excluding carboxylic acids is 4. The normalized spacial score (nSPS) is 18.7. The number of carbonyl (C=O) groups is 4. The smallest absolute Gasteiger partial charge is 0.246 e. The van der Waals surface area contributed by atoms with Crippen molar-refractivity contribution in [2.24, 2.45) is 11.8 Å². The molecule has 2 aromatic heterocycles. The number of fused-ring (bicyclic) bond motifs is 2. The van der Waals surface area contributed by atoms with Crippen molar-refractivity contribution < 1.29 is 19.2 Å². The Balaban J connectivity index is 1.08. The Kier molecular flexibility index (Phi) is 9.81. The quantitative estimate of drug-likeness (QED) is 0.123. The van der Waals surface area contributed by atoms with Crippen LogP contribution in [-0.4, -0.2) is 79.5 Å². The van der Waals surface area contributed by atoms with Crippen LogP contribution in [0.5, 0.6) is 0 Å². The van der Waals surface area contributed by atoms with Crippen LogP contribution in [0.3, 0.4) is 0 Å². The number of aromatic amines is 2. The van der Waals surface area contributed by atoms with Crippen LogP contribution in [0.1, 0.15) is 77.1 Å². The topological polar surface area (TPSA) is 156 Å². The Morgan fingerprint density at radius 3 is 1.40 bits per heavy atom. The first-order chi connectivity index (χ1) is 25.2.